The quantitative estimate of drug-likeness (QED) is 0.718. The van der Waals surface area contributed by atoms with Crippen molar-refractivity contribution in [1.29, 1.82) is 0 Å². The van der Waals surface area contributed by atoms with E-state index in [-0.39, 0.29) is 16.9 Å². The minimum absolute atomic E-state index is 0.134. The van der Waals surface area contributed by atoms with Crippen molar-refractivity contribution in [3.8, 4) is 0 Å². The molecular weight excluding hydrogens is 388 g/mol. The van der Waals surface area contributed by atoms with E-state index in [1.165, 1.54) is 18.5 Å². The number of hydrogen-bond donors (Lipinski definition) is 1. The maximum Gasteiger partial charge on any atom is 0.259 e. The van der Waals surface area contributed by atoms with Gasteiger partial charge in [-0.3, -0.25) is 9.69 Å². The summed E-state index contributed by atoms with van der Waals surface area (Å²) in [5, 5.41) is 0.792. The third-order valence-corrected chi connectivity index (χ3v) is 6.41. The molecule has 2 aromatic heterocycles. The maximum atomic E-state index is 14.0. The number of piperazine rings is 1. The highest BCUT2D eigenvalue weighted by atomic mass is 19.1. The van der Waals surface area contributed by atoms with Crippen LogP contribution in [0, 0.1) is 11.6 Å². The number of aromatic amines is 1. The van der Waals surface area contributed by atoms with E-state index in [2.05, 4.69) is 24.8 Å². The lowest BCUT2D eigenvalue weighted by atomic mass is 10.00. The van der Waals surface area contributed by atoms with Gasteiger partial charge in [-0.2, -0.15) is 0 Å². The van der Waals surface area contributed by atoms with Crippen molar-refractivity contribution in [2.24, 2.45) is 0 Å². The van der Waals surface area contributed by atoms with Crippen LogP contribution in [-0.2, 0) is 0 Å². The first-order valence-corrected chi connectivity index (χ1v) is 10.4. The number of fused-ring (bicyclic) bond motifs is 1. The van der Waals surface area contributed by atoms with Crippen LogP contribution >= 0.6 is 0 Å². The van der Waals surface area contributed by atoms with Gasteiger partial charge in [-0.05, 0) is 36.8 Å². The van der Waals surface area contributed by atoms with Gasteiger partial charge in [-0.25, -0.2) is 18.7 Å². The fourth-order valence-electron chi connectivity index (χ4n) is 4.85. The molecule has 2 fully saturated rings. The molecule has 1 aromatic carbocycles. The van der Waals surface area contributed by atoms with Gasteiger partial charge in [0.15, 0.2) is 5.82 Å². The molecule has 1 aliphatic heterocycles. The van der Waals surface area contributed by atoms with Crippen molar-refractivity contribution in [3.05, 3.63) is 64.3 Å². The third-order valence-electron chi connectivity index (χ3n) is 6.41. The zero-order valence-corrected chi connectivity index (χ0v) is 16.5. The van der Waals surface area contributed by atoms with E-state index in [0.717, 1.165) is 51.1 Å². The Labute approximate surface area is 172 Å². The number of hydrogen-bond acceptors (Lipinski definition) is 5. The highest BCUT2D eigenvalue weighted by Crippen LogP contribution is 2.37. The van der Waals surface area contributed by atoms with Gasteiger partial charge in [-0.15, -0.1) is 0 Å². The molecule has 5 rings (SSSR count). The van der Waals surface area contributed by atoms with Crippen LogP contribution in [0.2, 0.25) is 0 Å². The summed E-state index contributed by atoms with van der Waals surface area (Å²) in [5.74, 6) is -0.0633. The molecule has 30 heavy (non-hydrogen) atoms. The minimum Gasteiger partial charge on any atom is -0.338 e. The molecule has 6 nitrogen and oxygen atoms in total. The first-order chi connectivity index (χ1) is 14.6. The summed E-state index contributed by atoms with van der Waals surface area (Å²) in [6, 6.07) is 7.14. The predicted molar refractivity (Wildman–Crippen MR) is 111 cm³/mol. The summed E-state index contributed by atoms with van der Waals surface area (Å²) in [7, 11) is 0. The monoisotopic (exact) mass is 411 g/mol. The number of anilines is 1. The van der Waals surface area contributed by atoms with Crippen molar-refractivity contribution in [1.82, 2.24) is 19.9 Å². The Morgan fingerprint density at radius 2 is 1.80 bits per heavy atom. The second kappa shape index (κ2) is 7.75. The lowest BCUT2D eigenvalue weighted by molar-refractivity contribution is 0.185. The number of nitrogens with zero attached hydrogens (tertiary/aromatic N) is 4. The average Bonchev–Trinajstić information content (AvgIpc) is 3.25. The highest BCUT2D eigenvalue weighted by Gasteiger charge is 2.33. The van der Waals surface area contributed by atoms with Crippen LogP contribution in [-0.4, -0.2) is 52.1 Å². The number of benzene rings is 1. The molecule has 156 valence electrons. The first-order valence-electron chi connectivity index (χ1n) is 10.4. The van der Waals surface area contributed by atoms with E-state index < -0.39 is 11.6 Å². The molecule has 0 radical (unpaired) electrons. The Morgan fingerprint density at radius 1 is 1.03 bits per heavy atom. The zero-order chi connectivity index (χ0) is 20.7. The van der Waals surface area contributed by atoms with Crippen LogP contribution in [0.25, 0.3) is 10.8 Å². The Kier molecular flexibility index (Phi) is 4.94. The Hall–Kier alpha value is -2.87. The zero-order valence-electron chi connectivity index (χ0n) is 16.5. The molecule has 0 unspecified atom stereocenters. The average molecular weight is 411 g/mol. The molecule has 2 aliphatic rings. The fourth-order valence-corrected chi connectivity index (χ4v) is 4.85. The van der Waals surface area contributed by atoms with E-state index in [9.17, 15) is 13.6 Å². The Balaban J connectivity index is 1.25. The van der Waals surface area contributed by atoms with E-state index in [1.54, 1.807) is 12.1 Å². The van der Waals surface area contributed by atoms with Gasteiger partial charge in [0.05, 0.1) is 17.8 Å². The third kappa shape index (κ3) is 3.56. The van der Waals surface area contributed by atoms with Gasteiger partial charge in [0.25, 0.3) is 5.56 Å². The van der Waals surface area contributed by atoms with Gasteiger partial charge in [0, 0.05) is 43.8 Å². The highest BCUT2D eigenvalue weighted by molar-refractivity contribution is 5.82. The van der Waals surface area contributed by atoms with Crippen molar-refractivity contribution >= 4 is 16.7 Å². The van der Waals surface area contributed by atoms with Crippen LogP contribution < -0.4 is 10.5 Å². The number of pyridine rings is 1. The van der Waals surface area contributed by atoms with E-state index in [4.69, 9.17) is 0 Å². The molecule has 8 heteroatoms. The predicted octanol–water partition coefficient (Wildman–Crippen LogP) is 3.05. The lowest BCUT2D eigenvalue weighted by Gasteiger charge is -2.38. The number of H-pyrrole nitrogens is 1. The van der Waals surface area contributed by atoms with Crippen molar-refractivity contribution in [2.75, 3.05) is 31.1 Å². The van der Waals surface area contributed by atoms with Gasteiger partial charge >= 0.3 is 0 Å². The van der Waals surface area contributed by atoms with E-state index in [1.807, 2.05) is 6.07 Å². The number of halogens is 2. The van der Waals surface area contributed by atoms with Crippen LogP contribution in [0.5, 0.6) is 0 Å². The summed E-state index contributed by atoms with van der Waals surface area (Å²) < 4.78 is 27.0. The Bertz CT molecular complexity index is 1110. The number of aromatic nitrogens is 3. The van der Waals surface area contributed by atoms with Crippen LogP contribution in [0.15, 0.2) is 41.5 Å². The number of nitrogens with one attached hydrogen (secondary N) is 1. The lowest BCUT2D eigenvalue weighted by Crippen LogP contribution is -2.50. The van der Waals surface area contributed by atoms with Gasteiger partial charge in [0.1, 0.15) is 5.82 Å². The summed E-state index contributed by atoms with van der Waals surface area (Å²) >= 11 is 0. The van der Waals surface area contributed by atoms with Crippen LogP contribution in [0.4, 0.5) is 14.7 Å². The smallest absolute Gasteiger partial charge is 0.259 e. The number of rotatable bonds is 3. The molecule has 3 heterocycles. The minimum atomic E-state index is -0.479. The molecule has 0 spiro atoms. The van der Waals surface area contributed by atoms with Gasteiger partial charge < -0.3 is 9.88 Å². The van der Waals surface area contributed by atoms with Gasteiger partial charge in [-0.1, -0.05) is 12.1 Å². The normalized spacial score (nSPS) is 22.7. The molecule has 0 amide bonds. The van der Waals surface area contributed by atoms with Crippen molar-refractivity contribution in [3.63, 3.8) is 0 Å². The van der Waals surface area contributed by atoms with E-state index >= 15 is 0 Å². The maximum absolute atomic E-state index is 14.0. The molecule has 3 aromatic rings. The van der Waals surface area contributed by atoms with Crippen molar-refractivity contribution in [2.45, 2.75) is 31.2 Å². The summed E-state index contributed by atoms with van der Waals surface area (Å²) in [5.41, 5.74) is 0.552. The second-order valence-electron chi connectivity index (χ2n) is 8.15. The summed E-state index contributed by atoms with van der Waals surface area (Å²) in [6.07, 6.45) is 5.45. The fraction of sp³-hybridized carbons (Fsp3) is 0.409. The molecule has 2 atom stereocenters. The molecule has 0 bridgehead atoms. The van der Waals surface area contributed by atoms with Crippen LogP contribution in [0.1, 0.15) is 30.9 Å². The molecule has 1 N–H and O–H groups in total. The SMILES string of the molecule is O=c1[nH]c([C@@H]2CC[C@H](N3CCN(c4ncc(F)cn4)CC3)C2)cc2cccc(F)c12. The van der Waals surface area contributed by atoms with Crippen LogP contribution in [0.3, 0.4) is 0 Å². The first kappa shape index (κ1) is 19.1. The largest absolute Gasteiger partial charge is 0.338 e. The van der Waals surface area contributed by atoms with Gasteiger partial charge in [0.2, 0.25) is 5.95 Å². The molecule has 1 saturated heterocycles. The molecule has 1 saturated carbocycles. The standard InChI is InChI=1S/C22H23F2N5O/c23-16-12-25-22(26-13-16)29-8-6-28(7-9-29)17-5-4-14(10-17)19-11-15-2-1-3-18(24)20(15)21(30)27-19/h1-3,11-14,17H,4-10H2,(H,27,30)/t14-,17+/m1/s1. The molecular formula is C22H23F2N5O. The second-order valence-corrected chi connectivity index (χ2v) is 8.15. The summed E-state index contributed by atoms with van der Waals surface area (Å²) in [4.78, 5) is 28.0. The van der Waals surface area contributed by atoms with E-state index in [0.29, 0.717) is 17.4 Å². The summed E-state index contributed by atoms with van der Waals surface area (Å²) in [6.45, 7) is 3.41. The Morgan fingerprint density at radius 3 is 2.57 bits per heavy atom. The van der Waals surface area contributed by atoms with Crippen molar-refractivity contribution < 1.29 is 8.78 Å². The molecule has 1 aliphatic carbocycles. The topological polar surface area (TPSA) is 65.1 Å².